The van der Waals surface area contributed by atoms with Gasteiger partial charge in [0.1, 0.15) is 5.75 Å². The monoisotopic (exact) mass is 442 g/mol. The van der Waals surface area contributed by atoms with Gasteiger partial charge < -0.3 is 4.74 Å². The van der Waals surface area contributed by atoms with Crippen LogP contribution in [0, 0.1) is 10.1 Å². The molecule has 28 heavy (non-hydrogen) atoms. The van der Waals surface area contributed by atoms with Crippen molar-refractivity contribution in [2.45, 2.75) is 0 Å². The first-order valence-electron chi connectivity index (χ1n) is 7.48. The molecule has 0 bridgehead atoms. The first-order valence-corrected chi connectivity index (χ1v) is 8.65. The first kappa shape index (κ1) is 21.4. The van der Waals surface area contributed by atoms with Crippen molar-refractivity contribution in [3.63, 3.8) is 0 Å². The van der Waals surface area contributed by atoms with Crippen LogP contribution in [0.25, 0.3) is 0 Å². The van der Waals surface area contributed by atoms with Crippen molar-refractivity contribution >= 4 is 58.0 Å². The molecule has 0 saturated heterocycles. The van der Waals surface area contributed by atoms with E-state index in [0.29, 0.717) is 5.02 Å². The summed E-state index contributed by atoms with van der Waals surface area (Å²) in [4.78, 5) is 33.8. The standard InChI is InChI=1S/C16H12Cl2N4O5S/c17-10-3-6-13(12(18)7-10)27-8-14(23)20-21-16(28)19-15(24)9-1-4-11(5-2-9)22(25)26/h1-7H,8H2,(H,20,23)(H2,19,21,24,28). The number of thiocarbonyl (C=S) groups is 1. The van der Waals surface area contributed by atoms with Crippen molar-refractivity contribution in [2.24, 2.45) is 0 Å². The topological polar surface area (TPSA) is 123 Å². The van der Waals surface area contributed by atoms with Gasteiger partial charge in [-0.1, -0.05) is 23.2 Å². The van der Waals surface area contributed by atoms with E-state index < -0.39 is 16.7 Å². The zero-order valence-electron chi connectivity index (χ0n) is 13.9. The summed E-state index contributed by atoms with van der Waals surface area (Å²) in [5.41, 5.74) is 4.57. The van der Waals surface area contributed by atoms with Crippen LogP contribution in [0.2, 0.25) is 10.0 Å². The molecule has 0 heterocycles. The fourth-order valence-electron chi connectivity index (χ4n) is 1.84. The highest BCUT2D eigenvalue weighted by Crippen LogP contribution is 2.27. The highest BCUT2D eigenvalue weighted by molar-refractivity contribution is 7.80. The van der Waals surface area contributed by atoms with Gasteiger partial charge in [-0.15, -0.1) is 0 Å². The molecule has 0 aromatic heterocycles. The molecule has 2 aromatic rings. The summed E-state index contributed by atoms with van der Waals surface area (Å²) in [7, 11) is 0. The zero-order valence-corrected chi connectivity index (χ0v) is 16.2. The lowest BCUT2D eigenvalue weighted by Crippen LogP contribution is -2.49. The summed E-state index contributed by atoms with van der Waals surface area (Å²) in [5.74, 6) is -0.918. The molecule has 9 nitrogen and oxygen atoms in total. The third-order valence-corrected chi connectivity index (χ3v) is 3.87. The van der Waals surface area contributed by atoms with Crippen LogP contribution in [0.4, 0.5) is 5.69 Å². The average molecular weight is 443 g/mol. The molecule has 12 heteroatoms. The van der Waals surface area contributed by atoms with Crippen LogP contribution in [0.1, 0.15) is 10.4 Å². The summed E-state index contributed by atoms with van der Waals surface area (Å²) in [6.45, 7) is -0.368. The van der Waals surface area contributed by atoms with E-state index in [4.69, 9.17) is 40.2 Å². The maximum atomic E-state index is 12.0. The van der Waals surface area contributed by atoms with E-state index in [1.807, 2.05) is 0 Å². The van der Waals surface area contributed by atoms with Gasteiger partial charge >= 0.3 is 0 Å². The number of nitro groups is 1. The van der Waals surface area contributed by atoms with Crippen molar-refractivity contribution < 1.29 is 19.2 Å². The summed E-state index contributed by atoms with van der Waals surface area (Å²) in [5, 5.41) is 13.4. The number of amides is 2. The smallest absolute Gasteiger partial charge is 0.276 e. The molecule has 0 aliphatic rings. The van der Waals surface area contributed by atoms with Crippen molar-refractivity contribution in [2.75, 3.05) is 6.61 Å². The second-order valence-corrected chi connectivity index (χ2v) is 6.38. The van der Waals surface area contributed by atoms with Gasteiger partial charge in [0.15, 0.2) is 11.7 Å². The number of nitrogens with zero attached hydrogens (tertiary/aromatic N) is 1. The Bertz CT molecular complexity index is 924. The highest BCUT2D eigenvalue weighted by Gasteiger charge is 2.12. The van der Waals surface area contributed by atoms with Gasteiger partial charge in [-0.05, 0) is 42.5 Å². The van der Waals surface area contributed by atoms with E-state index in [2.05, 4.69) is 16.2 Å². The molecule has 0 spiro atoms. The van der Waals surface area contributed by atoms with Gasteiger partial charge in [0.2, 0.25) is 0 Å². The van der Waals surface area contributed by atoms with E-state index in [0.717, 1.165) is 0 Å². The number of hydrogen-bond acceptors (Lipinski definition) is 6. The van der Waals surface area contributed by atoms with E-state index >= 15 is 0 Å². The lowest BCUT2D eigenvalue weighted by atomic mass is 10.2. The Morgan fingerprint density at radius 2 is 1.79 bits per heavy atom. The van der Waals surface area contributed by atoms with Crippen LogP contribution >= 0.6 is 35.4 Å². The second-order valence-electron chi connectivity index (χ2n) is 5.12. The van der Waals surface area contributed by atoms with Gasteiger partial charge in [0.25, 0.3) is 17.5 Å². The summed E-state index contributed by atoms with van der Waals surface area (Å²) >= 11 is 16.6. The van der Waals surface area contributed by atoms with Crippen LogP contribution in [0.5, 0.6) is 5.75 Å². The van der Waals surface area contributed by atoms with Crippen molar-refractivity contribution in [3.8, 4) is 5.75 Å². The number of carbonyl (C=O) groups excluding carboxylic acids is 2. The summed E-state index contributed by atoms with van der Waals surface area (Å²) in [6, 6.07) is 9.47. The van der Waals surface area contributed by atoms with E-state index in [9.17, 15) is 19.7 Å². The Morgan fingerprint density at radius 3 is 2.39 bits per heavy atom. The Balaban J connectivity index is 1.77. The minimum atomic E-state index is -0.606. The predicted octanol–water partition coefficient (Wildman–Crippen LogP) is 2.62. The van der Waals surface area contributed by atoms with Crippen molar-refractivity contribution in [1.29, 1.82) is 0 Å². The molecular weight excluding hydrogens is 431 g/mol. The molecule has 0 unspecified atom stereocenters. The third-order valence-electron chi connectivity index (χ3n) is 3.14. The Morgan fingerprint density at radius 1 is 1.11 bits per heavy atom. The molecule has 0 saturated carbocycles. The molecule has 2 rings (SSSR count). The SMILES string of the molecule is O=C(COc1ccc(Cl)cc1Cl)NNC(=S)NC(=O)c1ccc([N+](=O)[O-])cc1. The normalized spacial score (nSPS) is 9.93. The number of halogens is 2. The third kappa shape index (κ3) is 6.34. The van der Waals surface area contributed by atoms with Crippen molar-refractivity contribution in [3.05, 3.63) is 68.2 Å². The number of nitro benzene ring substituents is 1. The summed E-state index contributed by atoms with van der Waals surface area (Å²) < 4.78 is 5.24. The average Bonchev–Trinajstić information content (AvgIpc) is 2.65. The van der Waals surface area contributed by atoms with Crippen molar-refractivity contribution in [1.82, 2.24) is 16.2 Å². The molecule has 0 fully saturated rings. The van der Waals surface area contributed by atoms with Crippen LogP contribution in [0.15, 0.2) is 42.5 Å². The quantitative estimate of drug-likeness (QED) is 0.369. The largest absolute Gasteiger partial charge is 0.482 e. The molecule has 0 radical (unpaired) electrons. The number of benzene rings is 2. The van der Waals surface area contributed by atoms with E-state index in [-0.39, 0.29) is 33.7 Å². The van der Waals surface area contributed by atoms with E-state index in [1.54, 1.807) is 6.07 Å². The number of non-ortho nitro benzene ring substituents is 1. The Hall–Kier alpha value is -2.95. The minimum Gasteiger partial charge on any atom is -0.482 e. The lowest BCUT2D eigenvalue weighted by molar-refractivity contribution is -0.384. The molecular formula is C16H12Cl2N4O5S. The maximum Gasteiger partial charge on any atom is 0.276 e. The van der Waals surface area contributed by atoms with Crippen LogP contribution in [-0.2, 0) is 4.79 Å². The molecule has 0 aliphatic heterocycles. The van der Waals surface area contributed by atoms with E-state index in [1.165, 1.54) is 36.4 Å². The predicted molar refractivity (Wildman–Crippen MR) is 106 cm³/mol. The number of hydrazine groups is 1. The number of carbonyl (C=O) groups is 2. The first-order chi connectivity index (χ1) is 13.3. The Kier molecular flexibility index (Phi) is 7.50. The second kappa shape index (κ2) is 9.83. The molecule has 3 N–H and O–H groups in total. The number of hydrogen-bond donors (Lipinski definition) is 3. The molecule has 2 amide bonds. The summed E-state index contributed by atoms with van der Waals surface area (Å²) in [6.07, 6.45) is 0. The van der Waals surface area contributed by atoms with Gasteiger partial charge in [0, 0.05) is 22.7 Å². The Labute approximate surface area is 174 Å². The zero-order chi connectivity index (χ0) is 20.7. The van der Waals surface area contributed by atoms with Gasteiger partial charge in [-0.2, -0.15) is 0 Å². The van der Waals surface area contributed by atoms with Gasteiger partial charge in [-0.3, -0.25) is 35.9 Å². The molecule has 0 aliphatic carbocycles. The van der Waals surface area contributed by atoms with Gasteiger partial charge in [-0.25, -0.2) is 0 Å². The highest BCUT2D eigenvalue weighted by atomic mass is 35.5. The lowest BCUT2D eigenvalue weighted by Gasteiger charge is -2.12. The molecule has 0 atom stereocenters. The molecule has 2 aromatic carbocycles. The fraction of sp³-hybridized carbons (Fsp3) is 0.0625. The minimum absolute atomic E-state index is 0.148. The fourth-order valence-corrected chi connectivity index (χ4v) is 2.45. The number of rotatable bonds is 5. The van der Waals surface area contributed by atoms with Crippen LogP contribution < -0.4 is 20.9 Å². The number of nitrogens with one attached hydrogen (secondary N) is 3. The maximum absolute atomic E-state index is 12.0. The molecule has 146 valence electrons. The van der Waals surface area contributed by atoms with Crippen LogP contribution in [-0.4, -0.2) is 28.5 Å². The van der Waals surface area contributed by atoms with Gasteiger partial charge in [0.05, 0.1) is 9.95 Å². The number of ether oxygens (including phenoxy) is 1. The van der Waals surface area contributed by atoms with Crippen LogP contribution in [0.3, 0.4) is 0 Å².